The zero-order chi connectivity index (χ0) is 24.1. The van der Waals surface area contributed by atoms with E-state index < -0.39 is 0 Å². The first-order valence-electron chi connectivity index (χ1n) is 11.1. The van der Waals surface area contributed by atoms with Crippen molar-refractivity contribution in [1.82, 2.24) is 10.3 Å². The number of nitrogens with zero attached hydrogens (tertiary/aromatic N) is 2. The molecule has 0 unspecified atom stereocenters. The fourth-order valence-electron chi connectivity index (χ4n) is 3.70. The average molecular weight is 474 g/mol. The molecule has 4 rings (SSSR count). The number of hydrogen-bond donors (Lipinski definition) is 3. The molecule has 1 heterocycles. The number of para-hydroxylation sites is 1. The minimum atomic E-state index is -0.235. The fraction of sp³-hybridized carbons (Fsp3) is 0.185. The summed E-state index contributed by atoms with van der Waals surface area (Å²) < 4.78 is 0. The van der Waals surface area contributed by atoms with E-state index in [1.807, 2.05) is 80.6 Å². The minimum absolute atomic E-state index is 0.235. The van der Waals surface area contributed by atoms with E-state index in [1.165, 1.54) is 10.9 Å². The molecule has 34 heavy (non-hydrogen) atoms. The van der Waals surface area contributed by atoms with E-state index in [0.29, 0.717) is 23.1 Å². The van der Waals surface area contributed by atoms with Crippen molar-refractivity contribution in [3.8, 4) is 0 Å². The highest BCUT2D eigenvalue weighted by Gasteiger charge is 2.12. The van der Waals surface area contributed by atoms with Gasteiger partial charge < -0.3 is 15.2 Å². The summed E-state index contributed by atoms with van der Waals surface area (Å²) in [6.45, 7) is 2.48. The van der Waals surface area contributed by atoms with Gasteiger partial charge in [-0.25, -0.2) is 0 Å². The molecule has 3 aromatic carbocycles. The van der Waals surface area contributed by atoms with Gasteiger partial charge in [-0.1, -0.05) is 41.9 Å². The van der Waals surface area contributed by atoms with Gasteiger partial charge in [-0.05, 0) is 60.9 Å². The minimum Gasteiger partial charge on any atom is -0.378 e. The second-order valence-electron chi connectivity index (χ2n) is 8.32. The molecule has 0 spiro atoms. The first-order valence-corrected chi connectivity index (χ1v) is 11.5. The van der Waals surface area contributed by atoms with E-state index in [4.69, 9.17) is 16.6 Å². The number of aromatic amines is 1. The molecule has 6 nitrogen and oxygen atoms in total. The number of rotatable bonds is 6. The normalized spacial score (nSPS) is 11.5. The van der Waals surface area contributed by atoms with Crippen LogP contribution in [0.4, 0.5) is 11.4 Å². The highest BCUT2D eigenvalue weighted by molar-refractivity contribution is 6.31. The number of aliphatic imine (C=N–C) groups is 1. The van der Waals surface area contributed by atoms with Crippen molar-refractivity contribution >= 4 is 45.7 Å². The number of H-pyrrole nitrogens is 1. The van der Waals surface area contributed by atoms with Crippen LogP contribution in [-0.2, 0) is 6.42 Å². The third-order valence-electron chi connectivity index (χ3n) is 5.64. The molecule has 3 N–H and O–H groups in total. The molecular formula is C27H28ClN5O. The maximum Gasteiger partial charge on any atom is 0.258 e. The summed E-state index contributed by atoms with van der Waals surface area (Å²) >= 11 is 6.20. The standard InChI is InChI=1S/C27H28ClN5O/c1-18-11-12-21(28)16-25(18)31-27(32-26(34)19-7-6-8-22(15-19)33(2)3)29-14-13-20-17-30-24-10-5-4-9-23(20)24/h4-12,15-17,30H,13-14H2,1-3H3,(H2,29,31,32,34). The zero-order valence-electron chi connectivity index (χ0n) is 19.5. The Kier molecular flexibility index (Phi) is 7.18. The van der Waals surface area contributed by atoms with Crippen molar-refractivity contribution in [2.24, 2.45) is 4.99 Å². The molecule has 0 radical (unpaired) electrons. The molecule has 0 aliphatic heterocycles. The molecule has 0 aliphatic rings. The maximum absolute atomic E-state index is 13.1. The van der Waals surface area contributed by atoms with E-state index in [1.54, 1.807) is 6.07 Å². The predicted octanol–water partition coefficient (Wildman–Crippen LogP) is 5.64. The first kappa shape index (κ1) is 23.4. The Balaban J connectivity index is 1.56. The lowest BCUT2D eigenvalue weighted by Gasteiger charge is -2.16. The topological polar surface area (TPSA) is 72.5 Å². The molecule has 0 saturated carbocycles. The summed E-state index contributed by atoms with van der Waals surface area (Å²) in [6.07, 6.45) is 2.75. The molecular weight excluding hydrogens is 446 g/mol. The van der Waals surface area contributed by atoms with Gasteiger partial charge >= 0.3 is 0 Å². The van der Waals surface area contributed by atoms with E-state index in [-0.39, 0.29) is 5.91 Å². The van der Waals surface area contributed by atoms with E-state index >= 15 is 0 Å². The third kappa shape index (κ3) is 5.58. The molecule has 174 valence electrons. The summed E-state index contributed by atoms with van der Waals surface area (Å²) in [6, 6.07) is 21.2. The number of benzene rings is 3. The summed E-state index contributed by atoms with van der Waals surface area (Å²) in [7, 11) is 3.89. The molecule has 4 aromatic rings. The molecule has 1 aromatic heterocycles. The van der Waals surface area contributed by atoms with Crippen LogP contribution < -0.4 is 15.5 Å². The van der Waals surface area contributed by atoms with Crippen LogP contribution in [0.5, 0.6) is 0 Å². The zero-order valence-corrected chi connectivity index (χ0v) is 20.3. The molecule has 0 atom stereocenters. The number of anilines is 2. The van der Waals surface area contributed by atoms with Crippen LogP contribution in [0.25, 0.3) is 10.9 Å². The molecule has 0 saturated heterocycles. The van der Waals surface area contributed by atoms with Gasteiger partial charge in [0.25, 0.3) is 5.91 Å². The van der Waals surface area contributed by atoms with Crippen LogP contribution in [0.15, 0.2) is 77.9 Å². The number of fused-ring (bicyclic) bond motifs is 1. The van der Waals surface area contributed by atoms with Crippen LogP contribution in [0.1, 0.15) is 21.5 Å². The Morgan fingerprint density at radius 3 is 2.71 bits per heavy atom. The summed E-state index contributed by atoms with van der Waals surface area (Å²) in [5.41, 5.74) is 5.58. The third-order valence-corrected chi connectivity index (χ3v) is 5.87. The lowest BCUT2D eigenvalue weighted by Crippen LogP contribution is -2.36. The summed E-state index contributed by atoms with van der Waals surface area (Å²) in [5, 5.41) is 7.99. The van der Waals surface area contributed by atoms with Gasteiger partial charge in [0.1, 0.15) is 0 Å². The monoisotopic (exact) mass is 473 g/mol. The van der Waals surface area contributed by atoms with Crippen molar-refractivity contribution in [2.45, 2.75) is 13.3 Å². The van der Waals surface area contributed by atoms with Crippen LogP contribution in [0, 0.1) is 6.92 Å². The largest absolute Gasteiger partial charge is 0.378 e. The van der Waals surface area contributed by atoms with Crippen molar-refractivity contribution in [3.05, 3.63) is 94.6 Å². The van der Waals surface area contributed by atoms with Gasteiger partial charge in [0.15, 0.2) is 0 Å². The van der Waals surface area contributed by atoms with Crippen LogP contribution in [0.3, 0.4) is 0 Å². The Bertz CT molecular complexity index is 1340. The van der Waals surface area contributed by atoms with Crippen molar-refractivity contribution < 1.29 is 4.79 Å². The number of hydrogen-bond acceptors (Lipinski definition) is 3. The predicted molar refractivity (Wildman–Crippen MR) is 142 cm³/mol. The van der Waals surface area contributed by atoms with Crippen molar-refractivity contribution in [3.63, 3.8) is 0 Å². The van der Waals surface area contributed by atoms with E-state index in [2.05, 4.69) is 27.8 Å². The number of guanidine groups is 1. The van der Waals surface area contributed by atoms with Gasteiger partial charge in [0.2, 0.25) is 5.96 Å². The van der Waals surface area contributed by atoms with Crippen LogP contribution >= 0.6 is 11.6 Å². The number of carbonyl (C=O) groups is 1. The number of carbonyl (C=O) groups excluding carboxylic acids is 1. The molecule has 0 fully saturated rings. The van der Waals surface area contributed by atoms with Crippen molar-refractivity contribution in [2.75, 3.05) is 30.9 Å². The smallest absolute Gasteiger partial charge is 0.258 e. The van der Waals surface area contributed by atoms with Gasteiger partial charge in [-0.15, -0.1) is 0 Å². The Morgan fingerprint density at radius 2 is 1.88 bits per heavy atom. The quantitative estimate of drug-likeness (QED) is 0.251. The lowest BCUT2D eigenvalue weighted by molar-refractivity contribution is 0.0977. The summed E-state index contributed by atoms with van der Waals surface area (Å²) in [4.78, 5) is 23.0. The van der Waals surface area contributed by atoms with E-state index in [0.717, 1.165) is 28.9 Å². The van der Waals surface area contributed by atoms with Gasteiger partial charge in [0, 0.05) is 59.7 Å². The van der Waals surface area contributed by atoms with E-state index in [9.17, 15) is 4.79 Å². The average Bonchev–Trinajstić information content (AvgIpc) is 3.24. The Morgan fingerprint density at radius 1 is 1.06 bits per heavy atom. The van der Waals surface area contributed by atoms with Crippen LogP contribution in [0.2, 0.25) is 5.02 Å². The van der Waals surface area contributed by atoms with Gasteiger partial charge in [-0.3, -0.25) is 15.1 Å². The molecule has 0 aliphatic carbocycles. The van der Waals surface area contributed by atoms with Crippen LogP contribution in [-0.4, -0.2) is 37.5 Å². The Hall–Kier alpha value is -3.77. The number of aromatic nitrogens is 1. The second kappa shape index (κ2) is 10.4. The molecule has 1 amide bonds. The SMILES string of the molecule is Cc1ccc(Cl)cc1NC(=NCCc1c[nH]c2ccccc12)NC(=O)c1cccc(N(C)C)c1. The number of nitrogens with one attached hydrogen (secondary N) is 3. The lowest BCUT2D eigenvalue weighted by atomic mass is 10.1. The Labute approximate surface area is 204 Å². The first-order chi connectivity index (χ1) is 16.4. The highest BCUT2D eigenvalue weighted by atomic mass is 35.5. The molecule has 7 heteroatoms. The number of halogens is 1. The number of amides is 1. The van der Waals surface area contributed by atoms with Gasteiger partial charge in [-0.2, -0.15) is 0 Å². The van der Waals surface area contributed by atoms with Crippen molar-refractivity contribution in [1.29, 1.82) is 0 Å². The maximum atomic E-state index is 13.1. The number of aryl methyl sites for hydroxylation is 1. The summed E-state index contributed by atoms with van der Waals surface area (Å²) in [5.74, 6) is 0.146. The second-order valence-corrected chi connectivity index (χ2v) is 8.76. The van der Waals surface area contributed by atoms with Gasteiger partial charge in [0.05, 0.1) is 0 Å². The fourth-order valence-corrected chi connectivity index (χ4v) is 3.87. The highest BCUT2D eigenvalue weighted by Crippen LogP contribution is 2.21. The molecule has 0 bridgehead atoms.